The topological polar surface area (TPSA) is 29.5 Å². The van der Waals surface area contributed by atoms with Crippen LogP contribution in [0.2, 0.25) is 5.02 Å². The lowest BCUT2D eigenvalue weighted by Gasteiger charge is -2.34. The van der Waals surface area contributed by atoms with Crippen molar-refractivity contribution in [2.75, 3.05) is 24.6 Å². The molecule has 2 rings (SSSR count). The summed E-state index contributed by atoms with van der Waals surface area (Å²) in [7, 11) is 0. The van der Waals surface area contributed by atoms with Crippen LogP contribution >= 0.6 is 11.6 Å². The Morgan fingerprint density at radius 1 is 1.53 bits per heavy atom. The predicted octanol–water partition coefficient (Wildman–Crippen LogP) is 3.43. The quantitative estimate of drug-likeness (QED) is 0.795. The molecule has 0 saturated carbocycles. The van der Waals surface area contributed by atoms with E-state index in [1.807, 2.05) is 26.0 Å². The normalized spacial score (nSPS) is 19.3. The minimum Gasteiger partial charge on any atom is -0.466 e. The summed E-state index contributed by atoms with van der Waals surface area (Å²) in [6.45, 7) is 6.01. The molecule has 1 aliphatic rings. The minimum atomic E-state index is -0.0770. The third-order valence-corrected chi connectivity index (χ3v) is 4.03. The standard InChI is InChI=1S/C15H20ClNO2/c1-3-19-15(18)12-6-5-9-17(10-12)14-8-4-7-13(16)11(14)2/h4,7-8,12H,3,5-6,9-10H2,1-2H3. The second-order valence-electron chi connectivity index (χ2n) is 4.92. The fourth-order valence-electron chi connectivity index (χ4n) is 2.59. The van der Waals surface area contributed by atoms with E-state index >= 15 is 0 Å². The van der Waals surface area contributed by atoms with E-state index in [0.29, 0.717) is 6.61 Å². The van der Waals surface area contributed by atoms with Crippen LogP contribution in [0.1, 0.15) is 25.3 Å². The first kappa shape index (κ1) is 14.2. The first-order valence-corrected chi connectivity index (χ1v) is 7.18. The van der Waals surface area contributed by atoms with Crippen LogP contribution in [0.5, 0.6) is 0 Å². The molecule has 1 heterocycles. The van der Waals surface area contributed by atoms with Gasteiger partial charge < -0.3 is 9.64 Å². The number of ether oxygens (including phenoxy) is 1. The van der Waals surface area contributed by atoms with Gasteiger partial charge in [0.2, 0.25) is 0 Å². The molecule has 0 aliphatic carbocycles. The Labute approximate surface area is 119 Å². The number of rotatable bonds is 3. The molecule has 0 aromatic heterocycles. The van der Waals surface area contributed by atoms with Gasteiger partial charge in [0, 0.05) is 23.8 Å². The van der Waals surface area contributed by atoms with Gasteiger partial charge in [-0.15, -0.1) is 0 Å². The number of anilines is 1. The molecule has 0 N–H and O–H groups in total. The highest BCUT2D eigenvalue weighted by Gasteiger charge is 2.27. The predicted molar refractivity (Wildman–Crippen MR) is 77.8 cm³/mol. The van der Waals surface area contributed by atoms with Gasteiger partial charge in [-0.25, -0.2) is 0 Å². The van der Waals surface area contributed by atoms with Crippen LogP contribution in [0.15, 0.2) is 18.2 Å². The fourth-order valence-corrected chi connectivity index (χ4v) is 2.76. The molecule has 19 heavy (non-hydrogen) atoms. The number of carbonyl (C=O) groups excluding carboxylic acids is 1. The number of hydrogen-bond donors (Lipinski definition) is 0. The van der Waals surface area contributed by atoms with Crippen LogP contribution in [-0.4, -0.2) is 25.7 Å². The van der Waals surface area contributed by atoms with Gasteiger partial charge in [-0.2, -0.15) is 0 Å². The molecule has 104 valence electrons. The fraction of sp³-hybridized carbons (Fsp3) is 0.533. The third-order valence-electron chi connectivity index (χ3n) is 3.62. The van der Waals surface area contributed by atoms with Gasteiger partial charge in [0.1, 0.15) is 0 Å². The molecule has 0 spiro atoms. The highest BCUT2D eigenvalue weighted by Crippen LogP contribution is 2.30. The van der Waals surface area contributed by atoms with E-state index in [2.05, 4.69) is 11.0 Å². The Bertz CT molecular complexity index is 461. The Kier molecular flexibility index (Phi) is 4.70. The van der Waals surface area contributed by atoms with Crippen LogP contribution in [0.25, 0.3) is 0 Å². The largest absolute Gasteiger partial charge is 0.466 e. The summed E-state index contributed by atoms with van der Waals surface area (Å²) < 4.78 is 5.13. The van der Waals surface area contributed by atoms with Crippen molar-refractivity contribution in [2.45, 2.75) is 26.7 Å². The number of hydrogen-bond acceptors (Lipinski definition) is 3. The summed E-state index contributed by atoms with van der Waals surface area (Å²) in [4.78, 5) is 14.1. The molecule has 1 aromatic carbocycles. The summed E-state index contributed by atoms with van der Waals surface area (Å²) in [5.74, 6) is -0.0982. The van der Waals surface area contributed by atoms with Gasteiger partial charge in [0.25, 0.3) is 0 Å². The number of esters is 1. The number of carbonyl (C=O) groups is 1. The van der Waals surface area contributed by atoms with Crippen molar-refractivity contribution in [3.63, 3.8) is 0 Å². The molecule has 1 fully saturated rings. The number of benzene rings is 1. The summed E-state index contributed by atoms with van der Waals surface area (Å²) >= 11 is 6.16. The number of halogens is 1. The monoisotopic (exact) mass is 281 g/mol. The molecule has 1 saturated heterocycles. The Hall–Kier alpha value is -1.22. The zero-order valence-electron chi connectivity index (χ0n) is 11.5. The molecule has 0 radical (unpaired) electrons. The molecular formula is C15H20ClNO2. The second kappa shape index (κ2) is 6.29. The molecule has 1 aliphatic heterocycles. The second-order valence-corrected chi connectivity index (χ2v) is 5.33. The van der Waals surface area contributed by atoms with Gasteiger partial charge >= 0.3 is 5.97 Å². The van der Waals surface area contributed by atoms with Crippen molar-refractivity contribution in [1.29, 1.82) is 0 Å². The summed E-state index contributed by atoms with van der Waals surface area (Å²) in [6, 6.07) is 5.92. The lowest BCUT2D eigenvalue weighted by atomic mass is 9.97. The van der Waals surface area contributed by atoms with Crippen LogP contribution < -0.4 is 4.90 Å². The van der Waals surface area contributed by atoms with Crippen molar-refractivity contribution in [2.24, 2.45) is 5.92 Å². The molecule has 1 aromatic rings. The molecular weight excluding hydrogens is 262 g/mol. The smallest absolute Gasteiger partial charge is 0.310 e. The molecule has 1 unspecified atom stereocenters. The van der Waals surface area contributed by atoms with Gasteiger partial charge in [-0.3, -0.25) is 4.79 Å². The number of nitrogens with zero attached hydrogens (tertiary/aromatic N) is 1. The molecule has 0 bridgehead atoms. The zero-order valence-corrected chi connectivity index (χ0v) is 12.2. The van der Waals surface area contributed by atoms with Crippen LogP contribution in [0.4, 0.5) is 5.69 Å². The van der Waals surface area contributed by atoms with Crippen molar-refractivity contribution >= 4 is 23.3 Å². The lowest BCUT2D eigenvalue weighted by Crippen LogP contribution is -2.39. The van der Waals surface area contributed by atoms with Crippen LogP contribution in [0.3, 0.4) is 0 Å². The number of piperidine rings is 1. The van der Waals surface area contributed by atoms with Crippen LogP contribution in [0, 0.1) is 12.8 Å². The Balaban J connectivity index is 2.13. The van der Waals surface area contributed by atoms with E-state index in [1.165, 1.54) is 0 Å². The average molecular weight is 282 g/mol. The highest BCUT2D eigenvalue weighted by atomic mass is 35.5. The van der Waals surface area contributed by atoms with E-state index in [4.69, 9.17) is 16.3 Å². The maximum absolute atomic E-state index is 11.9. The zero-order chi connectivity index (χ0) is 13.8. The van der Waals surface area contributed by atoms with Gasteiger partial charge in [0.15, 0.2) is 0 Å². The van der Waals surface area contributed by atoms with Crippen molar-refractivity contribution in [3.05, 3.63) is 28.8 Å². The van der Waals surface area contributed by atoms with E-state index in [1.54, 1.807) is 0 Å². The maximum Gasteiger partial charge on any atom is 0.310 e. The molecule has 1 atom stereocenters. The lowest BCUT2D eigenvalue weighted by molar-refractivity contribution is -0.148. The molecule has 3 nitrogen and oxygen atoms in total. The van der Waals surface area contributed by atoms with E-state index < -0.39 is 0 Å². The Morgan fingerprint density at radius 2 is 2.32 bits per heavy atom. The van der Waals surface area contributed by atoms with E-state index in [9.17, 15) is 4.79 Å². The highest BCUT2D eigenvalue weighted by molar-refractivity contribution is 6.31. The summed E-state index contributed by atoms with van der Waals surface area (Å²) in [5.41, 5.74) is 2.20. The van der Waals surface area contributed by atoms with E-state index in [0.717, 1.165) is 42.2 Å². The average Bonchev–Trinajstić information content (AvgIpc) is 2.42. The first-order valence-electron chi connectivity index (χ1n) is 6.80. The minimum absolute atomic E-state index is 0.0212. The SMILES string of the molecule is CCOC(=O)C1CCCN(c2cccc(Cl)c2C)C1. The van der Waals surface area contributed by atoms with E-state index in [-0.39, 0.29) is 11.9 Å². The summed E-state index contributed by atoms with van der Waals surface area (Å²) in [5, 5.41) is 0.774. The Morgan fingerprint density at radius 3 is 3.05 bits per heavy atom. The molecule has 4 heteroatoms. The van der Waals surface area contributed by atoms with Crippen LogP contribution in [-0.2, 0) is 9.53 Å². The van der Waals surface area contributed by atoms with Gasteiger partial charge in [0.05, 0.1) is 12.5 Å². The summed E-state index contributed by atoms with van der Waals surface area (Å²) in [6.07, 6.45) is 1.92. The first-order chi connectivity index (χ1) is 9.13. The van der Waals surface area contributed by atoms with Crippen molar-refractivity contribution in [1.82, 2.24) is 0 Å². The van der Waals surface area contributed by atoms with Crippen molar-refractivity contribution in [3.8, 4) is 0 Å². The molecule has 0 amide bonds. The van der Waals surface area contributed by atoms with Gasteiger partial charge in [-0.05, 0) is 44.4 Å². The third kappa shape index (κ3) is 3.21. The van der Waals surface area contributed by atoms with Crippen molar-refractivity contribution < 1.29 is 9.53 Å². The maximum atomic E-state index is 11.9. The van der Waals surface area contributed by atoms with Gasteiger partial charge in [-0.1, -0.05) is 17.7 Å².